The first-order chi connectivity index (χ1) is 16.6. The summed E-state index contributed by atoms with van der Waals surface area (Å²) in [5.41, 5.74) is 1.51. The second-order valence-electron chi connectivity index (χ2n) is 7.96. The van der Waals surface area contributed by atoms with Gasteiger partial charge in [-0.05, 0) is 71.4 Å². The molecule has 2 heterocycles. The largest absolute Gasteiger partial charge is 0.350 e. The number of aromatic nitrogens is 1. The quantitative estimate of drug-likeness (QED) is 0.293. The Balaban J connectivity index is 1.40. The predicted octanol–water partition coefficient (Wildman–Crippen LogP) is 4.84. The maximum absolute atomic E-state index is 13.2. The van der Waals surface area contributed by atoms with Crippen LogP contribution in [0.15, 0.2) is 88.0 Å². The second kappa shape index (κ2) is 8.52. The normalized spacial score (nSPS) is 12.1. The summed E-state index contributed by atoms with van der Waals surface area (Å²) in [5.74, 6) is -0.465. The van der Waals surface area contributed by atoms with Gasteiger partial charge in [0.15, 0.2) is 0 Å². The summed E-state index contributed by atoms with van der Waals surface area (Å²) in [4.78, 5) is 16.1. The van der Waals surface area contributed by atoms with Crippen molar-refractivity contribution >= 4 is 69.5 Å². The standard InChI is InChI=1S/C24H19N3O5S3/c1-34(29,30)27-18-6-5-15-12-22(26-21(15)14-18)24(28)25-17-3-2-4-19(13-17)35(31,32)20-7-8-23-16(11-20)9-10-33-23/h2-14,26-27H,1H3,(H,25,28). The highest BCUT2D eigenvalue weighted by molar-refractivity contribution is 7.92. The maximum atomic E-state index is 13.2. The summed E-state index contributed by atoms with van der Waals surface area (Å²) in [6.07, 6.45) is 1.06. The van der Waals surface area contributed by atoms with Crippen molar-refractivity contribution in [3.8, 4) is 0 Å². The van der Waals surface area contributed by atoms with Gasteiger partial charge < -0.3 is 10.3 Å². The van der Waals surface area contributed by atoms with Crippen molar-refractivity contribution in [3.63, 3.8) is 0 Å². The van der Waals surface area contributed by atoms with Crippen molar-refractivity contribution in [3.05, 3.63) is 83.9 Å². The van der Waals surface area contributed by atoms with E-state index >= 15 is 0 Å². The number of benzene rings is 3. The molecule has 1 amide bonds. The SMILES string of the molecule is CS(=O)(=O)Nc1ccc2cc(C(=O)Nc3cccc(S(=O)(=O)c4ccc5sccc5c4)c3)[nH]c2c1. The summed E-state index contributed by atoms with van der Waals surface area (Å²) < 4.78 is 52.7. The lowest BCUT2D eigenvalue weighted by molar-refractivity contribution is 0.102. The van der Waals surface area contributed by atoms with Gasteiger partial charge in [0.1, 0.15) is 5.69 Å². The molecule has 178 valence electrons. The Kier molecular flexibility index (Phi) is 5.62. The molecule has 5 aromatic rings. The molecule has 11 heteroatoms. The molecule has 5 rings (SSSR count). The number of carbonyl (C=O) groups is 1. The van der Waals surface area contributed by atoms with Crippen LogP contribution in [0.25, 0.3) is 21.0 Å². The molecule has 0 bridgehead atoms. The molecule has 0 saturated carbocycles. The minimum Gasteiger partial charge on any atom is -0.350 e. The van der Waals surface area contributed by atoms with Crippen LogP contribution in [0, 0.1) is 0 Å². The van der Waals surface area contributed by atoms with Crippen LogP contribution in [0.4, 0.5) is 11.4 Å². The molecule has 0 spiro atoms. The van der Waals surface area contributed by atoms with Crippen LogP contribution in [0.1, 0.15) is 10.5 Å². The Morgan fingerprint density at radius 2 is 1.63 bits per heavy atom. The fourth-order valence-corrected chi connectivity index (χ4v) is 6.38. The summed E-state index contributed by atoms with van der Waals surface area (Å²) in [6, 6.07) is 19.5. The summed E-state index contributed by atoms with van der Waals surface area (Å²) >= 11 is 1.54. The Labute approximate surface area is 205 Å². The van der Waals surface area contributed by atoms with E-state index in [4.69, 9.17) is 0 Å². The van der Waals surface area contributed by atoms with E-state index in [1.165, 1.54) is 23.5 Å². The van der Waals surface area contributed by atoms with Gasteiger partial charge in [0, 0.05) is 21.3 Å². The monoisotopic (exact) mass is 525 g/mol. The van der Waals surface area contributed by atoms with Gasteiger partial charge in [0.05, 0.1) is 21.7 Å². The number of amides is 1. The van der Waals surface area contributed by atoms with E-state index in [0.29, 0.717) is 22.3 Å². The maximum Gasteiger partial charge on any atom is 0.272 e. The zero-order valence-electron chi connectivity index (χ0n) is 18.3. The first kappa shape index (κ1) is 23.1. The average molecular weight is 526 g/mol. The molecule has 0 atom stereocenters. The van der Waals surface area contributed by atoms with Crippen molar-refractivity contribution in [2.75, 3.05) is 16.3 Å². The topological polar surface area (TPSA) is 125 Å². The lowest BCUT2D eigenvalue weighted by Gasteiger charge is -2.08. The molecule has 0 aliphatic heterocycles. The van der Waals surface area contributed by atoms with Crippen LogP contribution < -0.4 is 10.0 Å². The number of fused-ring (bicyclic) bond motifs is 2. The molecule has 8 nitrogen and oxygen atoms in total. The highest BCUT2D eigenvalue weighted by atomic mass is 32.2. The van der Waals surface area contributed by atoms with Crippen LogP contribution in [0.2, 0.25) is 0 Å². The van der Waals surface area contributed by atoms with Crippen LogP contribution in [-0.2, 0) is 19.9 Å². The van der Waals surface area contributed by atoms with Gasteiger partial charge in [-0.3, -0.25) is 9.52 Å². The minimum atomic E-state index is -3.78. The number of H-pyrrole nitrogens is 1. The fraction of sp³-hybridized carbons (Fsp3) is 0.0417. The van der Waals surface area contributed by atoms with E-state index in [-0.39, 0.29) is 15.5 Å². The van der Waals surface area contributed by atoms with Crippen LogP contribution in [0.3, 0.4) is 0 Å². The van der Waals surface area contributed by atoms with Gasteiger partial charge in [-0.1, -0.05) is 12.1 Å². The molecule has 0 unspecified atom stereocenters. The first-order valence-electron chi connectivity index (χ1n) is 10.3. The average Bonchev–Trinajstić information content (AvgIpc) is 3.44. The molecular weight excluding hydrogens is 506 g/mol. The van der Waals surface area contributed by atoms with E-state index in [1.54, 1.807) is 54.6 Å². The highest BCUT2D eigenvalue weighted by Crippen LogP contribution is 2.29. The number of aromatic amines is 1. The highest BCUT2D eigenvalue weighted by Gasteiger charge is 2.19. The molecule has 3 aromatic carbocycles. The van der Waals surface area contributed by atoms with E-state index in [9.17, 15) is 21.6 Å². The van der Waals surface area contributed by atoms with E-state index < -0.39 is 25.8 Å². The molecular formula is C24H19N3O5S3. The van der Waals surface area contributed by atoms with Crippen LogP contribution in [0.5, 0.6) is 0 Å². The number of hydrogen-bond donors (Lipinski definition) is 3. The lowest BCUT2D eigenvalue weighted by atomic mass is 10.2. The van der Waals surface area contributed by atoms with Crippen LogP contribution in [-0.4, -0.2) is 34.0 Å². The summed E-state index contributed by atoms with van der Waals surface area (Å²) in [7, 11) is -7.21. The van der Waals surface area contributed by atoms with E-state index in [2.05, 4.69) is 15.0 Å². The number of anilines is 2. The number of sulfonamides is 1. The van der Waals surface area contributed by atoms with Gasteiger partial charge in [-0.25, -0.2) is 16.8 Å². The molecule has 0 aliphatic rings. The van der Waals surface area contributed by atoms with Crippen LogP contribution >= 0.6 is 11.3 Å². The summed E-state index contributed by atoms with van der Waals surface area (Å²) in [5, 5.41) is 6.20. The Morgan fingerprint density at radius 1 is 0.829 bits per heavy atom. The number of carbonyl (C=O) groups excluding carboxylic acids is 1. The third-order valence-corrected chi connectivity index (χ3v) is 8.56. The summed E-state index contributed by atoms with van der Waals surface area (Å²) in [6.45, 7) is 0. The molecule has 3 N–H and O–H groups in total. The number of sulfone groups is 1. The van der Waals surface area contributed by atoms with Crippen molar-refractivity contribution in [2.45, 2.75) is 9.79 Å². The van der Waals surface area contributed by atoms with Crippen molar-refractivity contribution in [1.29, 1.82) is 0 Å². The zero-order chi connectivity index (χ0) is 24.8. The molecule has 0 aliphatic carbocycles. The van der Waals surface area contributed by atoms with E-state index in [1.807, 2.05) is 11.4 Å². The van der Waals surface area contributed by atoms with Crippen molar-refractivity contribution in [2.24, 2.45) is 0 Å². The van der Waals surface area contributed by atoms with Gasteiger partial charge in [-0.2, -0.15) is 0 Å². The third-order valence-electron chi connectivity index (χ3n) is 5.31. The number of thiophene rings is 1. The lowest BCUT2D eigenvalue weighted by Crippen LogP contribution is -2.12. The van der Waals surface area contributed by atoms with Gasteiger partial charge in [-0.15, -0.1) is 11.3 Å². The van der Waals surface area contributed by atoms with Gasteiger partial charge >= 0.3 is 0 Å². The molecule has 35 heavy (non-hydrogen) atoms. The first-order valence-corrected chi connectivity index (χ1v) is 14.6. The number of nitrogens with one attached hydrogen (secondary N) is 3. The second-order valence-corrected chi connectivity index (χ2v) is 12.6. The Hall–Kier alpha value is -3.67. The zero-order valence-corrected chi connectivity index (χ0v) is 20.7. The van der Waals surface area contributed by atoms with Gasteiger partial charge in [0.2, 0.25) is 19.9 Å². The third kappa shape index (κ3) is 4.78. The smallest absolute Gasteiger partial charge is 0.272 e. The number of rotatable bonds is 6. The molecule has 0 radical (unpaired) electrons. The number of hydrogen-bond acceptors (Lipinski definition) is 6. The molecule has 2 aromatic heterocycles. The van der Waals surface area contributed by atoms with Crippen molar-refractivity contribution < 1.29 is 21.6 Å². The fourth-order valence-electron chi connectivity index (χ4n) is 3.71. The van der Waals surface area contributed by atoms with E-state index in [0.717, 1.165) is 16.3 Å². The minimum absolute atomic E-state index is 0.0676. The Morgan fingerprint density at radius 3 is 2.43 bits per heavy atom. The van der Waals surface area contributed by atoms with Gasteiger partial charge in [0.25, 0.3) is 5.91 Å². The predicted molar refractivity (Wildman–Crippen MR) is 138 cm³/mol. The Bertz CT molecular complexity index is 1820. The van der Waals surface area contributed by atoms with Crippen molar-refractivity contribution in [1.82, 2.24) is 4.98 Å². The molecule has 0 saturated heterocycles. The molecule has 0 fully saturated rings.